The highest BCUT2D eigenvalue weighted by Crippen LogP contribution is 2.25. The lowest BCUT2D eigenvalue weighted by atomic mass is 9.87. The van der Waals surface area contributed by atoms with E-state index in [1.54, 1.807) is 0 Å². The van der Waals surface area contributed by atoms with Crippen molar-refractivity contribution < 1.29 is 23.1 Å². The Morgan fingerprint density at radius 3 is 2.52 bits per heavy atom. The van der Waals surface area contributed by atoms with E-state index in [2.05, 4.69) is 5.32 Å². The minimum absolute atomic E-state index is 0.141. The molecule has 0 heterocycles. The van der Waals surface area contributed by atoms with Gasteiger partial charge in [-0.1, -0.05) is 32.1 Å². The molecular weight excluding hydrogens is 285 g/mol. The standard InChI is InChI=1S/C14H25F3N2O2/c1-19(9-12(20)14(15,16)17)10-13(21)18-8-7-11-5-3-2-4-6-11/h11-12,20H,2-10H2,1H3,(H,18,21). The molecule has 0 aliphatic heterocycles. The Bertz CT molecular complexity index is 318. The van der Waals surface area contributed by atoms with Crippen molar-refractivity contribution in [1.82, 2.24) is 10.2 Å². The first-order valence-corrected chi connectivity index (χ1v) is 7.49. The van der Waals surface area contributed by atoms with Crippen LogP contribution in [0.4, 0.5) is 13.2 Å². The Morgan fingerprint density at radius 1 is 1.33 bits per heavy atom. The normalized spacial score (nSPS) is 18.8. The fourth-order valence-corrected chi connectivity index (χ4v) is 2.66. The van der Waals surface area contributed by atoms with Crippen LogP contribution in [0, 0.1) is 5.92 Å². The summed E-state index contributed by atoms with van der Waals surface area (Å²) in [6.07, 6.45) is 0.0493. The van der Waals surface area contributed by atoms with Gasteiger partial charge in [0.2, 0.25) is 5.91 Å². The van der Waals surface area contributed by atoms with Crippen LogP contribution < -0.4 is 5.32 Å². The van der Waals surface area contributed by atoms with Gasteiger partial charge in [-0.3, -0.25) is 9.69 Å². The molecule has 1 saturated carbocycles. The molecule has 0 radical (unpaired) electrons. The summed E-state index contributed by atoms with van der Waals surface area (Å²) >= 11 is 0. The molecule has 4 nitrogen and oxygen atoms in total. The molecular formula is C14H25F3N2O2. The van der Waals surface area contributed by atoms with E-state index < -0.39 is 18.8 Å². The highest BCUT2D eigenvalue weighted by molar-refractivity contribution is 5.77. The molecule has 1 rings (SSSR count). The Hall–Kier alpha value is -0.820. The fraction of sp³-hybridized carbons (Fsp3) is 0.929. The van der Waals surface area contributed by atoms with Gasteiger partial charge >= 0.3 is 6.18 Å². The Balaban J connectivity index is 2.14. The van der Waals surface area contributed by atoms with Crippen molar-refractivity contribution in [2.75, 3.05) is 26.7 Å². The second-order valence-corrected chi connectivity index (χ2v) is 5.90. The van der Waals surface area contributed by atoms with Crippen molar-refractivity contribution in [2.45, 2.75) is 50.8 Å². The van der Waals surface area contributed by atoms with Crippen LogP contribution in [0.15, 0.2) is 0 Å². The van der Waals surface area contributed by atoms with E-state index in [4.69, 9.17) is 5.11 Å². The number of aliphatic hydroxyl groups is 1. The molecule has 1 aliphatic carbocycles. The third-order valence-electron chi connectivity index (χ3n) is 3.88. The summed E-state index contributed by atoms with van der Waals surface area (Å²) in [5.74, 6) is 0.353. The zero-order chi connectivity index (χ0) is 15.9. The van der Waals surface area contributed by atoms with Crippen molar-refractivity contribution >= 4 is 5.91 Å². The molecule has 2 N–H and O–H groups in total. The van der Waals surface area contributed by atoms with Gasteiger partial charge in [0, 0.05) is 13.1 Å². The maximum atomic E-state index is 12.2. The van der Waals surface area contributed by atoms with Gasteiger partial charge in [0.1, 0.15) is 0 Å². The van der Waals surface area contributed by atoms with Gasteiger partial charge in [-0.15, -0.1) is 0 Å². The monoisotopic (exact) mass is 310 g/mol. The van der Waals surface area contributed by atoms with Crippen LogP contribution in [0.5, 0.6) is 0 Å². The predicted molar refractivity (Wildman–Crippen MR) is 73.8 cm³/mol. The van der Waals surface area contributed by atoms with Gasteiger partial charge in [0.05, 0.1) is 6.54 Å². The summed E-state index contributed by atoms with van der Waals surface area (Å²) in [6, 6.07) is 0. The number of amides is 1. The predicted octanol–water partition coefficient (Wildman–Crippen LogP) is 1.93. The number of hydrogen-bond donors (Lipinski definition) is 2. The van der Waals surface area contributed by atoms with Crippen LogP contribution in [-0.4, -0.2) is 54.9 Å². The molecule has 21 heavy (non-hydrogen) atoms. The number of aliphatic hydroxyl groups excluding tert-OH is 1. The van der Waals surface area contributed by atoms with Crippen molar-refractivity contribution in [3.05, 3.63) is 0 Å². The molecule has 1 unspecified atom stereocenters. The molecule has 1 amide bonds. The quantitative estimate of drug-likeness (QED) is 0.755. The summed E-state index contributed by atoms with van der Waals surface area (Å²) in [4.78, 5) is 12.8. The minimum atomic E-state index is -4.65. The Kier molecular flexibility index (Phi) is 7.45. The van der Waals surface area contributed by atoms with Crippen LogP contribution in [0.25, 0.3) is 0 Å². The summed E-state index contributed by atoms with van der Waals surface area (Å²) in [6.45, 7) is -0.170. The van der Waals surface area contributed by atoms with E-state index >= 15 is 0 Å². The fourth-order valence-electron chi connectivity index (χ4n) is 2.66. The SMILES string of the molecule is CN(CC(=O)NCCC1CCCCC1)CC(O)C(F)(F)F. The molecule has 124 valence electrons. The van der Waals surface area contributed by atoms with E-state index in [1.807, 2.05) is 0 Å². The Morgan fingerprint density at radius 2 is 1.95 bits per heavy atom. The van der Waals surface area contributed by atoms with Gasteiger partial charge < -0.3 is 10.4 Å². The number of nitrogens with one attached hydrogen (secondary N) is 1. The molecule has 0 saturated heterocycles. The van der Waals surface area contributed by atoms with Crippen LogP contribution in [0.2, 0.25) is 0 Å². The second-order valence-electron chi connectivity index (χ2n) is 5.90. The van der Waals surface area contributed by atoms with Crippen LogP contribution in [-0.2, 0) is 4.79 Å². The first-order chi connectivity index (χ1) is 9.79. The third kappa shape index (κ3) is 7.66. The zero-order valence-corrected chi connectivity index (χ0v) is 12.5. The van der Waals surface area contributed by atoms with Gasteiger partial charge in [0.25, 0.3) is 0 Å². The van der Waals surface area contributed by atoms with Crippen molar-refractivity contribution in [1.29, 1.82) is 0 Å². The van der Waals surface area contributed by atoms with Gasteiger partial charge in [-0.05, 0) is 19.4 Å². The highest BCUT2D eigenvalue weighted by atomic mass is 19.4. The van der Waals surface area contributed by atoms with E-state index in [0.29, 0.717) is 12.5 Å². The highest BCUT2D eigenvalue weighted by Gasteiger charge is 2.38. The number of carbonyl (C=O) groups is 1. The molecule has 0 aromatic heterocycles. The molecule has 7 heteroatoms. The molecule has 1 atom stereocenters. The molecule has 1 aliphatic rings. The number of likely N-dealkylation sites (N-methyl/N-ethyl adjacent to an activating group) is 1. The van der Waals surface area contributed by atoms with E-state index in [1.165, 1.54) is 44.1 Å². The average molecular weight is 310 g/mol. The number of rotatable bonds is 7. The van der Waals surface area contributed by atoms with Gasteiger partial charge in [-0.2, -0.15) is 13.2 Å². The van der Waals surface area contributed by atoms with E-state index in [0.717, 1.165) is 6.42 Å². The molecule has 0 bridgehead atoms. The van der Waals surface area contributed by atoms with Gasteiger partial charge in [0.15, 0.2) is 6.10 Å². The van der Waals surface area contributed by atoms with Crippen molar-refractivity contribution in [3.63, 3.8) is 0 Å². The number of halogens is 3. The molecule has 1 fully saturated rings. The number of carbonyl (C=O) groups excluding carboxylic acids is 1. The number of alkyl halides is 3. The summed E-state index contributed by atoms with van der Waals surface area (Å²) in [5, 5.41) is 11.6. The lowest BCUT2D eigenvalue weighted by Crippen LogP contribution is -2.43. The second kappa shape index (κ2) is 8.58. The topological polar surface area (TPSA) is 52.6 Å². The average Bonchev–Trinajstić information content (AvgIpc) is 2.38. The number of hydrogen-bond acceptors (Lipinski definition) is 3. The summed E-state index contributed by atoms with van der Waals surface area (Å²) in [7, 11) is 1.38. The minimum Gasteiger partial charge on any atom is -0.382 e. The van der Waals surface area contributed by atoms with Crippen molar-refractivity contribution in [3.8, 4) is 0 Å². The lowest BCUT2D eigenvalue weighted by Gasteiger charge is -2.23. The molecule has 0 aromatic rings. The van der Waals surface area contributed by atoms with Gasteiger partial charge in [-0.25, -0.2) is 0 Å². The van der Waals surface area contributed by atoms with E-state index in [-0.39, 0.29) is 12.5 Å². The molecule has 0 spiro atoms. The first-order valence-electron chi connectivity index (χ1n) is 7.49. The Labute approximate surface area is 123 Å². The largest absolute Gasteiger partial charge is 0.415 e. The van der Waals surface area contributed by atoms with Crippen LogP contribution in [0.1, 0.15) is 38.5 Å². The van der Waals surface area contributed by atoms with E-state index in [9.17, 15) is 18.0 Å². The zero-order valence-electron chi connectivity index (χ0n) is 12.5. The summed E-state index contributed by atoms with van der Waals surface area (Å²) < 4.78 is 36.5. The van der Waals surface area contributed by atoms with Crippen LogP contribution >= 0.6 is 0 Å². The lowest BCUT2D eigenvalue weighted by molar-refractivity contribution is -0.207. The first kappa shape index (κ1) is 18.2. The maximum absolute atomic E-state index is 12.2. The third-order valence-corrected chi connectivity index (χ3v) is 3.88. The maximum Gasteiger partial charge on any atom is 0.415 e. The molecule has 0 aromatic carbocycles. The number of nitrogens with zero attached hydrogens (tertiary/aromatic N) is 1. The summed E-state index contributed by atoms with van der Waals surface area (Å²) in [5.41, 5.74) is 0. The van der Waals surface area contributed by atoms with Crippen molar-refractivity contribution in [2.24, 2.45) is 5.92 Å². The van der Waals surface area contributed by atoms with Crippen LogP contribution in [0.3, 0.4) is 0 Å². The smallest absolute Gasteiger partial charge is 0.382 e.